The highest BCUT2D eigenvalue weighted by Gasteiger charge is 2.29. The van der Waals surface area contributed by atoms with E-state index in [1.807, 2.05) is 30.3 Å². The van der Waals surface area contributed by atoms with Crippen LogP contribution in [0, 0.1) is 17.2 Å². The Morgan fingerprint density at radius 1 is 1.33 bits per heavy atom. The van der Waals surface area contributed by atoms with Gasteiger partial charge >= 0.3 is 0 Å². The number of rotatable bonds is 5. The Morgan fingerprint density at radius 2 is 1.95 bits per heavy atom. The summed E-state index contributed by atoms with van der Waals surface area (Å²) in [6.45, 7) is 2.43. The maximum atomic E-state index is 11.2. The van der Waals surface area contributed by atoms with Crippen LogP contribution in [0.2, 0.25) is 0 Å². The number of nitrogens with two attached hydrogens (primary N) is 2. The summed E-state index contributed by atoms with van der Waals surface area (Å²) in [7, 11) is 0. The van der Waals surface area contributed by atoms with Gasteiger partial charge in [-0.1, -0.05) is 30.3 Å². The molecule has 0 aliphatic carbocycles. The van der Waals surface area contributed by atoms with Crippen LogP contribution in [0.5, 0.6) is 0 Å². The zero-order valence-electron chi connectivity index (χ0n) is 12.2. The fraction of sp³-hybridized carbons (Fsp3) is 0.500. The van der Waals surface area contributed by atoms with Crippen LogP contribution >= 0.6 is 0 Å². The summed E-state index contributed by atoms with van der Waals surface area (Å²) >= 11 is 0. The van der Waals surface area contributed by atoms with Gasteiger partial charge in [0.05, 0.1) is 6.07 Å². The lowest BCUT2D eigenvalue weighted by Gasteiger charge is -2.32. The number of carbonyl (C=O) groups is 1. The third-order valence-electron chi connectivity index (χ3n) is 4.30. The summed E-state index contributed by atoms with van der Waals surface area (Å²) in [6, 6.07) is 11.7. The van der Waals surface area contributed by atoms with E-state index in [9.17, 15) is 10.1 Å². The van der Waals surface area contributed by atoms with E-state index in [2.05, 4.69) is 11.0 Å². The molecule has 5 nitrogen and oxygen atoms in total. The van der Waals surface area contributed by atoms with Crippen LogP contribution in [0.25, 0.3) is 0 Å². The van der Waals surface area contributed by atoms with Crippen LogP contribution in [0.3, 0.4) is 0 Å². The molecule has 0 bridgehead atoms. The second kappa shape index (κ2) is 6.70. The Morgan fingerprint density at radius 3 is 2.48 bits per heavy atom. The largest absolute Gasteiger partial charge is 0.369 e. The topological polar surface area (TPSA) is 96.1 Å². The number of piperidine rings is 1. The van der Waals surface area contributed by atoms with Crippen LogP contribution in [0.4, 0.5) is 0 Å². The lowest BCUT2D eigenvalue weighted by atomic mass is 9.88. The van der Waals surface area contributed by atoms with Crippen molar-refractivity contribution in [2.45, 2.75) is 24.8 Å². The summed E-state index contributed by atoms with van der Waals surface area (Å²) in [5.41, 5.74) is 11.5. The molecule has 1 aromatic carbocycles. The zero-order valence-corrected chi connectivity index (χ0v) is 12.2. The first kappa shape index (κ1) is 15.5. The minimum absolute atomic E-state index is 0.00558. The number of likely N-dealkylation sites (tertiary alicyclic amines) is 1. The Hall–Kier alpha value is -1.90. The van der Waals surface area contributed by atoms with E-state index >= 15 is 0 Å². The normalized spacial score (nSPS) is 19.6. The van der Waals surface area contributed by atoms with Gasteiger partial charge in [-0.25, -0.2) is 0 Å². The van der Waals surface area contributed by atoms with Gasteiger partial charge in [-0.2, -0.15) is 5.26 Å². The summed E-state index contributed by atoms with van der Waals surface area (Å²) in [5.74, 6) is -0.210. The summed E-state index contributed by atoms with van der Waals surface area (Å²) < 4.78 is 0. The molecule has 1 aliphatic heterocycles. The number of hydrogen-bond acceptors (Lipinski definition) is 4. The summed E-state index contributed by atoms with van der Waals surface area (Å²) in [4.78, 5) is 13.4. The van der Waals surface area contributed by atoms with Crippen molar-refractivity contribution in [3.63, 3.8) is 0 Å². The molecule has 1 atom stereocenters. The molecule has 21 heavy (non-hydrogen) atoms. The van der Waals surface area contributed by atoms with Gasteiger partial charge in [0, 0.05) is 12.5 Å². The number of benzene rings is 1. The molecule has 0 saturated carbocycles. The van der Waals surface area contributed by atoms with E-state index in [1.165, 1.54) is 0 Å². The molecule has 5 heteroatoms. The Kier molecular flexibility index (Phi) is 4.94. The molecule has 0 radical (unpaired) electrons. The fourth-order valence-corrected chi connectivity index (χ4v) is 2.78. The average Bonchev–Trinajstić information content (AvgIpc) is 2.54. The predicted molar refractivity (Wildman–Crippen MR) is 80.9 cm³/mol. The number of nitrogens with zero attached hydrogens (tertiary/aromatic N) is 2. The molecular formula is C16H22N4O. The van der Waals surface area contributed by atoms with Gasteiger partial charge < -0.3 is 16.4 Å². The molecular weight excluding hydrogens is 264 g/mol. The summed E-state index contributed by atoms with van der Waals surface area (Å²) in [5, 5.41) is 9.43. The molecule has 1 fully saturated rings. The zero-order chi connectivity index (χ0) is 15.3. The minimum Gasteiger partial charge on any atom is -0.369 e. The van der Waals surface area contributed by atoms with Crippen LogP contribution in [-0.2, 0) is 10.3 Å². The van der Waals surface area contributed by atoms with Crippen molar-refractivity contribution in [1.29, 1.82) is 5.26 Å². The quantitative estimate of drug-likeness (QED) is 0.842. The number of carbonyl (C=O) groups excluding carboxylic acids is 1. The SMILES string of the molecule is N#CC(N)(CCN1CCC(C(N)=O)CC1)c1ccccc1. The third kappa shape index (κ3) is 3.81. The predicted octanol–water partition coefficient (Wildman–Crippen LogP) is 0.952. The van der Waals surface area contributed by atoms with Gasteiger partial charge in [0.2, 0.25) is 5.91 Å². The van der Waals surface area contributed by atoms with Gasteiger partial charge in [-0.05, 0) is 37.9 Å². The maximum Gasteiger partial charge on any atom is 0.220 e. The highest BCUT2D eigenvalue weighted by Crippen LogP contribution is 2.23. The molecule has 4 N–H and O–H groups in total. The smallest absolute Gasteiger partial charge is 0.220 e. The first-order chi connectivity index (χ1) is 10.0. The van der Waals surface area contributed by atoms with Crippen LogP contribution < -0.4 is 11.5 Å². The standard InChI is InChI=1S/C16H22N4O/c17-12-16(19,14-4-2-1-3-5-14)8-11-20-9-6-13(7-10-20)15(18)21/h1-5,13H,6-11,19H2,(H2,18,21). The van der Waals surface area contributed by atoms with Gasteiger partial charge in [0.1, 0.15) is 5.54 Å². The molecule has 1 amide bonds. The molecule has 1 aliphatic rings. The molecule has 1 saturated heterocycles. The lowest BCUT2D eigenvalue weighted by molar-refractivity contribution is -0.123. The lowest BCUT2D eigenvalue weighted by Crippen LogP contribution is -2.43. The number of nitriles is 1. The van der Waals surface area contributed by atoms with E-state index < -0.39 is 5.54 Å². The average molecular weight is 286 g/mol. The molecule has 1 unspecified atom stereocenters. The second-order valence-corrected chi connectivity index (χ2v) is 5.72. The van der Waals surface area contributed by atoms with Crippen molar-refractivity contribution in [1.82, 2.24) is 4.90 Å². The first-order valence-corrected chi connectivity index (χ1v) is 7.32. The van der Waals surface area contributed by atoms with Crippen molar-refractivity contribution in [3.8, 4) is 6.07 Å². The van der Waals surface area contributed by atoms with Crippen LogP contribution in [0.15, 0.2) is 30.3 Å². The van der Waals surface area contributed by atoms with Crippen molar-refractivity contribution >= 4 is 5.91 Å². The monoisotopic (exact) mass is 286 g/mol. The van der Waals surface area contributed by atoms with E-state index in [0.29, 0.717) is 6.42 Å². The fourth-order valence-electron chi connectivity index (χ4n) is 2.78. The third-order valence-corrected chi connectivity index (χ3v) is 4.30. The summed E-state index contributed by atoms with van der Waals surface area (Å²) in [6.07, 6.45) is 2.17. The minimum atomic E-state index is -0.957. The Balaban J connectivity index is 1.90. The number of amides is 1. The molecule has 1 heterocycles. The van der Waals surface area contributed by atoms with Gasteiger partial charge in [0.25, 0.3) is 0 Å². The van der Waals surface area contributed by atoms with Crippen molar-refractivity contribution < 1.29 is 4.79 Å². The molecule has 1 aromatic rings. The van der Waals surface area contributed by atoms with E-state index in [4.69, 9.17) is 11.5 Å². The van der Waals surface area contributed by atoms with Crippen LogP contribution in [-0.4, -0.2) is 30.4 Å². The van der Waals surface area contributed by atoms with Gasteiger partial charge in [-0.15, -0.1) is 0 Å². The Bertz CT molecular complexity index is 517. The second-order valence-electron chi connectivity index (χ2n) is 5.72. The van der Waals surface area contributed by atoms with E-state index in [1.54, 1.807) is 0 Å². The number of primary amides is 1. The highest BCUT2D eigenvalue weighted by molar-refractivity contribution is 5.76. The molecule has 0 spiro atoms. The Labute approximate surface area is 125 Å². The first-order valence-electron chi connectivity index (χ1n) is 7.32. The van der Waals surface area contributed by atoms with Crippen molar-refractivity contribution in [2.24, 2.45) is 17.4 Å². The molecule has 2 rings (SSSR count). The molecule has 112 valence electrons. The van der Waals surface area contributed by atoms with Crippen molar-refractivity contribution in [2.75, 3.05) is 19.6 Å². The van der Waals surface area contributed by atoms with Gasteiger partial charge in [-0.3, -0.25) is 4.79 Å². The number of hydrogen-bond donors (Lipinski definition) is 2. The van der Waals surface area contributed by atoms with Crippen LogP contribution in [0.1, 0.15) is 24.8 Å². The molecule has 0 aromatic heterocycles. The highest BCUT2D eigenvalue weighted by atomic mass is 16.1. The van der Waals surface area contributed by atoms with E-state index in [0.717, 1.165) is 38.0 Å². The maximum absolute atomic E-state index is 11.2. The van der Waals surface area contributed by atoms with E-state index in [-0.39, 0.29) is 11.8 Å². The van der Waals surface area contributed by atoms with Gasteiger partial charge in [0.15, 0.2) is 0 Å². The van der Waals surface area contributed by atoms with Crippen molar-refractivity contribution in [3.05, 3.63) is 35.9 Å².